The highest BCUT2D eigenvalue weighted by molar-refractivity contribution is 5.93. The van der Waals surface area contributed by atoms with Gasteiger partial charge in [0.25, 0.3) is 5.91 Å². The number of β-amino-alcohol motifs (C(OH)–C–C–N with tert-alkyl or cyclic N) is 1. The summed E-state index contributed by atoms with van der Waals surface area (Å²) in [6, 6.07) is 15.7. The molecule has 39 heavy (non-hydrogen) atoms. The van der Waals surface area contributed by atoms with Crippen LogP contribution in [-0.2, 0) is 0 Å². The van der Waals surface area contributed by atoms with E-state index in [2.05, 4.69) is 21.6 Å². The van der Waals surface area contributed by atoms with Crippen LogP contribution in [0.25, 0.3) is 16.8 Å². The van der Waals surface area contributed by atoms with Gasteiger partial charge in [-0.25, -0.2) is 9.50 Å². The molecule has 9 nitrogen and oxygen atoms in total. The summed E-state index contributed by atoms with van der Waals surface area (Å²) in [5.74, 6) is 0.825. The fourth-order valence-corrected chi connectivity index (χ4v) is 5.83. The molecule has 200 valence electrons. The summed E-state index contributed by atoms with van der Waals surface area (Å²) < 4.78 is 1.80. The Morgan fingerprint density at radius 1 is 1.13 bits per heavy atom. The van der Waals surface area contributed by atoms with E-state index in [4.69, 9.17) is 10.1 Å². The van der Waals surface area contributed by atoms with E-state index in [0.717, 1.165) is 53.1 Å². The van der Waals surface area contributed by atoms with Gasteiger partial charge in [0, 0.05) is 61.7 Å². The van der Waals surface area contributed by atoms with Crippen LogP contribution in [-0.4, -0.2) is 74.5 Å². The van der Waals surface area contributed by atoms with Gasteiger partial charge in [0.1, 0.15) is 11.5 Å². The van der Waals surface area contributed by atoms with Crippen molar-refractivity contribution >= 4 is 24.1 Å². The van der Waals surface area contributed by atoms with Crippen molar-refractivity contribution < 1.29 is 9.90 Å². The van der Waals surface area contributed by atoms with Crippen LogP contribution in [0.4, 0.5) is 5.82 Å². The number of amides is 1. The van der Waals surface area contributed by atoms with E-state index < -0.39 is 6.10 Å². The predicted octanol–water partition coefficient (Wildman–Crippen LogP) is 3.96. The van der Waals surface area contributed by atoms with Gasteiger partial charge in [-0.05, 0) is 44.5 Å². The highest BCUT2D eigenvalue weighted by Gasteiger charge is 2.34. The van der Waals surface area contributed by atoms with Gasteiger partial charge in [-0.1, -0.05) is 36.4 Å². The SMILES string of the molecule is C=NCC1CN(c2nc3cc(C4CCCCN4C(=O)c4ccc(-c5ccccc5)cn4)nn3cc2C)CC1O. The monoisotopic (exact) mass is 523 g/mol. The maximum absolute atomic E-state index is 13.6. The molecule has 1 aromatic carbocycles. The average molecular weight is 524 g/mol. The highest BCUT2D eigenvalue weighted by Crippen LogP contribution is 2.33. The van der Waals surface area contributed by atoms with E-state index in [-0.39, 0.29) is 17.9 Å². The number of likely N-dealkylation sites (tertiary alicyclic amines) is 1. The van der Waals surface area contributed by atoms with Crippen LogP contribution in [0.15, 0.2) is 65.9 Å². The molecule has 1 N–H and O–H groups in total. The van der Waals surface area contributed by atoms with E-state index in [9.17, 15) is 9.90 Å². The number of carbonyl (C=O) groups is 1. The first-order chi connectivity index (χ1) is 19.0. The fourth-order valence-electron chi connectivity index (χ4n) is 5.83. The Balaban J connectivity index is 1.25. The van der Waals surface area contributed by atoms with Crippen LogP contribution in [0.3, 0.4) is 0 Å². The molecule has 0 saturated carbocycles. The zero-order valence-electron chi connectivity index (χ0n) is 22.1. The number of piperidine rings is 1. The van der Waals surface area contributed by atoms with Crippen molar-refractivity contribution in [1.29, 1.82) is 0 Å². The van der Waals surface area contributed by atoms with Gasteiger partial charge in [-0.15, -0.1) is 0 Å². The summed E-state index contributed by atoms with van der Waals surface area (Å²) in [4.78, 5) is 31.1. The molecule has 3 unspecified atom stereocenters. The van der Waals surface area contributed by atoms with Crippen molar-refractivity contribution in [3.8, 4) is 11.1 Å². The van der Waals surface area contributed by atoms with Crippen LogP contribution < -0.4 is 4.90 Å². The Morgan fingerprint density at radius 3 is 2.74 bits per heavy atom. The van der Waals surface area contributed by atoms with E-state index in [1.165, 1.54) is 0 Å². The van der Waals surface area contributed by atoms with Crippen molar-refractivity contribution in [3.63, 3.8) is 0 Å². The average Bonchev–Trinajstić information content (AvgIpc) is 3.55. The van der Waals surface area contributed by atoms with Gasteiger partial charge in [-0.3, -0.25) is 9.78 Å². The molecule has 0 radical (unpaired) electrons. The quantitative estimate of drug-likeness (QED) is 0.384. The van der Waals surface area contributed by atoms with Crippen LogP contribution >= 0.6 is 0 Å². The zero-order valence-corrected chi connectivity index (χ0v) is 22.1. The van der Waals surface area contributed by atoms with Crippen LogP contribution in [0.5, 0.6) is 0 Å². The molecule has 0 bridgehead atoms. The number of aryl methyl sites for hydroxylation is 1. The smallest absolute Gasteiger partial charge is 0.273 e. The minimum Gasteiger partial charge on any atom is -0.391 e. The van der Waals surface area contributed by atoms with E-state index in [0.29, 0.717) is 31.9 Å². The topological polar surface area (TPSA) is 99.2 Å². The number of carbonyl (C=O) groups excluding carboxylic acids is 1. The number of aliphatic hydroxyl groups is 1. The van der Waals surface area contributed by atoms with Crippen LogP contribution in [0.1, 0.15) is 47.1 Å². The lowest BCUT2D eigenvalue weighted by atomic mass is 9.98. The van der Waals surface area contributed by atoms with E-state index in [1.807, 2.05) is 66.6 Å². The molecule has 2 aliphatic heterocycles. The summed E-state index contributed by atoms with van der Waals surface area (Å²) >= 11 is 0. The number of anilines is 1. The van der Waals surface area contributed by atoms with Crippen molar-refractivity contribution in [3.05, 3.63) is 77.9 Å². The van der Waals surface area contributed by atoms with Gasteiger partial charge < -0.3 is 19.9 Å². The first-order valence-corrected chi connectivity index (χ1v) is 13.6. The molecule has 9 heteroatoms. The fraction of sp³-hybridized carbons (Fsp3) is 0.367. The number of hydrogen-bond donors (Lipinski definition) is 1. The molecule has 0 aliphatic carbocycles. The van der Waals surface area contributed by atoms with Crippen molar-refractivity contribution in [2.24, 2.45) is 10.9 Å². The number of fused-ring (bicyclic) bond motifs is 1. The third-order valence-electron chi connectivity index (χ3n) is 7.89. The molecule has 5 heterocycles. The summed E-state index contributed by atoms with van der Waals surface area (Å²) in [5, 5.41) is 15.3. The minimum absolute atomic E-state index is 0.0533. The number of hydrogen-bond acceptors (Lipinski definition) is 7. The first-order valence-electron chi connectivity index (χ1n) is 13.6. The molecule has 1 amide bonds. The molecule has 4 aromatic rings. The largest absolute Gasteiger partial charge is 0.391 e. The van der Waals surface area contributed by atoms with Crippen LogP contribution in [0, 0.1) is 12.8 Å². The van der Waals surface area contributed by atoms with E-state index >= 15 is 0 Å². The summed E-state index contributed by atoms with van der Waals surface area (Å²) in [7, 11) is 0. The second kappa shape index (κ2) is 10.6. The van der Waals surface area contributed by atoms with Crippen LogP contribution in [0.2, 0.25) is 0 Å². The summed E-state index contributed by atoms with van der Waals surface area (Å²) in [6.45, 7) is 7.99. The molecular weight excluding hydrogens is 490 g/mol. The normalized spacial score (nSPS) is 21.4. The second-order valence-corrected chi connectivity index (χ2v) is 10.6. The Morgan fingerprint density at radius 2 is 1.97 bits per heavy atom. The number of aromatic nitrogens is 4. The maximum atomic E-state index is 13.6. The molecule has 0 spiro atoms. The molecule has 2 fully saturated rings. The van der Waals surface area contributed by atoms with Crippen molar-refractivity contribution in [1.82, 2.24) is 24.5 Å². The predicted molar refractivity (Wildman–Crippen MR) is 151 cm³/mol. The first kappa shape index (κ1) is 25.2. The maximum Gasteiger partial charge on any atom is 0.273 e. The second-order valence-electron chi connectivity index (χ2n) is 10.6. The zero-order chi connectivity index (χ0) is 26.9. The lowest BCUT2D eigenvalue weighted by molar-refractivity contribution is 0.0599. The molecule has 3 atom stereocenters. The van der Waals surface area contributed by atoms with Gasteiger partial charge >= 0.3 is 0 Å². The van der Waals surface area contributed by atoms with E-state index in [1.54, 1.807) is 10.7 Å². The number of aliphatic hydroxyl groups excluding tert-OH is 1. The molecule has 2 saturated heterocycles. The van der Waals surface area contributed by atoms with Gasteiger partial charge in [0.05, 0.1) is 17.8 Å². The van der Waals surface area contributed by atoms with Gasteiger partial charge in [0.15, 0.2) is 5.65 Å². The summed E-state index contributed by atoms with van der Waals surface area (Å²) in [6.07, 6.45) is 6.13. The molecule has 6 rings (SSSR count). The lowest BCUT2D eigenvalue weighted by Crippen LogP contribution is -2.39. The number of rotatable bonds is 6. The third-order valence-corrected chi connectivity index (χ3v) is 7.89. The Labute approximate surface area is 227 Å². The number of pyridine rings is 1. The number of benzene rings is 1. The van der Waals surface area contributed by atoms with Crippen molar-refractivity contribution in [2.45, 2.75) is 38.3 Å². The van der Waals surface area contributed by atoms with Gasteiger partial charge in [0.2, 0.25) is 0 Å². The Bertz CT molecular complexity index is 1480. The van der Waals surface area contributed by atoms with Crippen molar-refractivity contribution in [2.75, 3.05) is 31.1 Å². The number of nitrogens with zero attached hydrogens (tertiary/aromatic N) is 7. The lowest BCUT2D eigenvalue weighted by Gasteiger charge is -2.34. The van der Waals surface area contributed by atoms with Gasteiger partial charge in [-0.2, -0.15) is 5.10 Å². The molecular formula is C30H33N7O2. The number of aliphatic imine (C=N–C) groups is 1. The standard InChI is InChI=1S/C30H33N7O2/c1-20-17-37-28(33-29(20)35-18-23(15-31-2)27(38)19-35)14-25(34-37)26-10-6-7-13-36(26)30(39)24-12-11-22(16-32-24)21-8-4-3-5-9-21/h3-5,8-9,11-12,14,16-17,23,26-27,38H,2,6-7,10,13,15,18-19H2,1H3. The highest BCUT2D eigenvalue weighted by atomic mass is 16.3. The molecule has 2 aliphatic rings. The molecule has 3 aromatic heterocycles. The Kier molecular flexibility index (Phi) is 6.83. The third kappa shape index (κ3) is 4.90. The minimum atomic E-state index is -0.453. The Hall–Kier alpha value is -4.11. The summed E-state index contributed by atoms with van der Waals surface area (Å²) in [5.41, 5.74) is 5.05.